The molecule has 0 fully saturated rings. The number of carbonyl (C=O) groups excluding carboxylic acids is 2. The number of fused-ring (bicyclic) bond motifs is 1. The van der Waals surface area contributed by atoms with Crippen molar-refractivity contribution in [1.82, 2.24) is 5.32 Å². The minimum atomic E-state index is -1.32. The number of hydrogen-bond donors (Lipinski definition) is 1. The highest BCUT2D eigenvalue weighted by atomic mass is 16.5. The van der Waals surface area contributed by atoms with Gasteiger partial charge in [0, 0.05) is 18.5 Å². The molecule has 2 aromatic carbocycles. The lowest BCUT2D eigenvalue weighted by Crippen LogP contribution is -2.57. The molecule has 4 heteroatoms. The van der Waals surface area contributed by atoms with E-state index in [-0.39, 0.29) is 12.4 Å². The van der Waals surface area contributed by atoms with Crippen LogP contribution in [0.25, 0.3) is 0 Å². The summed E-state index contributed by atoms with van der Waals surface area (Å²) in [7, 11) is 0. The van der Waals surface area contributed by atoms with Crippen LogP contribution >= 0.6 is 0 Å². The van der Waals surface area contributed by atoms with Gasteiger partial charge in [0.2, 0.25) is 0 Å². The third-order valence-corrected chi connectivity index (χ3v) is 4.17. The molecule has 3 rings (SSSR count). The molecule has 0 spiro atoms. The highest BCUT2D eigenvalue weighted by Gasteiger charge is 2.52. The average Bonchev–Trinajstić information content (AvgIpc) is 2.88. The second-order valence-corrected chi connectivity index (χ2v) is 5.63. The van der Waals surface area contributed by atoms with E-state index in [1.54, 1.807) is 13.0 Å². The maximum atomic E-state index is 12.9. The first-order valence-corrected chi connectivity index (χ1v) is 7.76. The van der Waals surface area contributed by atoms with Crippen molar-refractivity contribution in [3.63, 3.8) is 0 Å². The van der Waals surface area contributed by atoms with Gasteiger partial charge in [0.05, 0.1) is 6.61 Å². The molecule has 0 heterocycles. The van der Waals surface area contributed by atoms with E-state index >= 15 is 0 Å². The van der Waals surface area contributed by atoms with Crippen LogP contribution in [0.3, 0.4) is 0 Å². The Balaban J connectivity index is 1.91. The molecule has 0 saturated carbocycles. The largest absolute Gasteiger partial charge is 0.464 e. The fourth-order valence-corrected chi connectivity index (χ4v) is 2.97. The van der Waals surface area contributed by atoms with Gasteiger partial charge in [0.1, 0.15) is 0 Å². The molecule has 4 nitrogen and oxygen atoms in total. The topological polar surface area (TPSA) is 55.4 Å². The van der Waals surface area contributed by atoms with E-state index in [0.29, 0.717) is 18.5 Å². The molecule has 0 saturated heterocycles. The molecule has 0 bridgehead atoms. The van der Waals surface area contributed by atoms with Crippen LogP contribution in [-0.4, -0.2) is 23.9 Å². The number of rotatable bonds is 5. The van der Waals surface area contributed by atoms with Gasteiger partial charge in [-0.25, -0.2) is 4.79 Å². The number of nitrogens with one attached hydrogen (secondary N) is 1. The third-order valence-electron chi connectivity index (χ3n) is 4.17. The van der Waals surface area contributed by atoms with E-state index in [9.17, 15) is 9.59 Å². The summed E-state index contributed by atoms with van der Waals surface area (Å²) in [5, 5.41) is 3.17. The molecule has 23 heavy (non-hydrogen) atoms. The highest BCUT2D eigenvalue weighted by Crippen LogP contribution is 2.31. The van der Waals surface area contributed by atoms with E-state index in [0.717, 1.165) is 11.1 Å². The van der Waals surface area contributed by atoms with Crippen LogP contribution in [0.4, 0.5) is 0 Å². The summed E-state index contributed by atoms with van der Waals surface area (Å²) >= 11 is 0. The lowest BCUT2D eigenvalue weighted by atomic mass is 9.94. The van der Waals surface area contributed by atoms with Crippen molar-refractivity contribution in [3.05, 3.63) is 71.3 Å². The Hall–Kier alpha value is -2.46. The summed E-state index contributed by atoms with van der Waals surface area (Å²) in [5.74, 6) is -0.709. The average molecular weight is 309 g/mol. The Morgan fingerprint density at radius 3 is 2.52 bits per heavy atom. The fraction of sp³-hybridized carbons (Fsp3) is 0.263. The first-order valence-electron chi connectivity index (χ1n) is 7.76. The molecular weight excluding hydrogens is 290 g/mol. The van der Waals surface area contributed by atoms with Crippen molar-refractivity contribution in [2.75, 3.05) is 6.61 Å². The molecule has 118 valence electrons. The number of benzene rings is 2. The van der Waals surface area contributed by atoms with E-state index < -0.39 is 11.5 Å². The normalized spacial score (nSPS) is 19.4. The summed E-state index contributed by atoms with van der Waals surface area (Å²) in [6.07, 6.45) is 0.327. The Morgan fingerprint density at radius 2 is 1.83 bits per heavy atom. The molecule has 0 amide bonds. The van der Waals surface area contributed by atoms with Crippen molar-refractivity contribution in [2.24, 2.45) is 0 Å². The van der Waals surface area contributed by atoms with Crippen LogP contribution in [0.1, 0.15) is 28.4 Å². The zero-order valence-corrected chi connectivity index (χ0v) is 13.0. The van der Waals surface area contributed by atoms with Crippen LogP contribution < -0.4 is 5.32 Å². The number of esters is 1. The molecule has 1 aliphatic carbocycles. The van der Waals surface area contributed by atoms with Gasteiger partial charge >= 0.3 is 5.97 Å². The van der Waals surface area contributed by atoms with Gasteiger partial charge in [0.15, 0.2) is 11.3 Å². The summed E-state index contributed by atoms with van der Waals surface area (Å²) in [6, 6.07) is 17.1. The van der Waals surface area contributed by atoms with E-state index in [1.165, 1.54) is 0 Å². The van der Waals surface area contributed by atoms with Crippen molar-refractivity contribution in [2.45, 2.75) is 25.4 Å². The smallest absolute Gasteiger partial charge is 0.334 e. The van der Waals surface area contributed by atoms with E-state index in [2.05, 4.69) is 5.32 Å². The second-order valence-electron chi connectivity index (χ2n) is 5.63. The quantitative estimate of drug-likeness (QED) is 0.681. The van der Waals surface area contributed by atoms with Crippen LogP contribution in [0.15, 0.2) is 54.6 Å². The summed E-state index contributed by atoms with van der Waals surface area (Å²) in [6.45, 7) is 2.42. The monoisotopic (exact) mass is 309 g/mol. The zero-order valence-electron chi connectivity index (χ0n) is 13.0. The van der Waals surface area contributed by atoms with Gasteiger partial charge in [-0.15, -0.1) is 0 Å². The zero-order chi connectivity index (χ0) is 16.3. The molecular formula is C19H19NO3. The van der Waals surface area contributed by atoms with Crippen molar-refractivity contribution >= 4 is 11.8 Å². The van der Waals surface area contributed by atoms with Crippen LogP contribution in [0, 0.1) is 0 Å². The molecule has 1 aliphatic rings. The predicted octanol–water partition coefficient (Wildman–Crippen LogP) is 2.52. The van der Waals surface area contributed by atoms with Gasteiger partial charge < -0.3 is 4.74 Å². The summed E-state index contributed by atoms with van der Waals surface area (Å²) in [4.78, 5) is 25.5. The maximum Gasteiger partial charge on any atom is 0.334 e. The Morgan fingerprint density at radius 1 is 1.13 bits per heavy atom. The van der Waals surface area contributed by atoms with Crippen molar-refractivity contribution in [1.29, 1.82) is 0 Å². The van der Waals surface area contributed by atoms with Crippen molar-refractivity contribution < 1.29 is 14.3 Å². The molecule has 0 aromatic heterocycles. The SMILES string of the molecule is CCOC(=O)C1(NCc2ccccc2)Cc2ccccc2C1=O. The Bertz CT molecular complexity index is 726. The van der Waals surface area contributed by atoms with Crippen LogP contribution in [0.5, 0.6) is 0 Å². The number of hydrogen-bond acceptors (Lipinski definition) is 4. The molecule has 1 atom stereocenters. The lowest BCUT2D eigenvalue weighted by Gasteiger charge is -2.26. The molecule has 1 unspecified atom stereocenters. The third kappa shape index (κ3) is 2.78. The number of carbonyl (C=O) groups is 2. The molecule has 0 radical (unpaired) electrons. The van der Waals surface area contributed by atoms with E-state index in [1.807, 2.05) is 48.5 Å². The van der Waals surface area contributed by atoms with Crippen LogP contribution in [-0.2, 0) is 22.5 Å². The Kier molecular flexibility index (Phi) is 4.26. The molecule has 2 aromatic rings. The van der Waals surface area contributed by atoms with Gasteiger partial charge in [-0.1, -0.05) is 54.6 Å². The first-order chi connectivity index (χ1) is 11.2. The van der Waals surface area contributed by atoms with Gasteiger partial charge in [0.25, 0.3) is 0 Å². The molecule has 0 aliphatic heterocycles. The minimum Gasteiger partial charge on any atom is -0.464 e. The predicted molar refractivity (Wildman–Crippen MR) is 87.1 cm³/mol. The van der Waals surface area contributed by atoms with Gasteiger partial charge in [-0.3, -0.25) is 10.1 Å². The standard InChI is InChI=1S/C19H19NO3/c1-2-23-18(22)19(20-13-14-8-4-3-5-9-14)12-15-10-6-7-11-16(15)17(19)21/h3-11,20H,2,12-13H2,1H3. The van der Waals surface area contributed by atoms with Crippen LogP contribution in [0.2, 0.25) is 0 Å². The lowest BCUT2D eigenvalue weighted by molar-refractivity contribution is -0.148. The number of ether oxygens (including phenoxy) is 1. The number of Topliss-reactive ketones (excluding diaryl/α,β-unsaturated/α-hetero) is 1. The second kappa shape index (κ2) is 6.34. The number of ketones is 1. The summed E-state index contributed by atoms with van der Waals surface area (Å²) < 4.78 is 5.20. The fourth-order valence-electron chi connectivity index (χ4n) is 2.97. The maximum absolute atomic E-state index is 12.9. The first kappa shape index (κ1) is 15.4. The van der Waals surface area contributed by atoms with Gasteiger partial charge in [-0.05, 0) is 18.1 Å². The highest BCUT2D eigenvalue weighted by molar-refractivity contribution is 6.20. The molecule has 1 N–H and O–H groups in total. The van der Waals surface area contributed by atoms with Crippen molar-refractivity contribution in [3.8, 4) is 0 Å². The van der Waals surface area contributed by atoms with Gasteiger partial charge in [-0.2, -0.15) is 0 Å². The Labute approximate surface area is 135 Å². The van der Waals surface area contributed by atoms with E-state index in [4.69, 9.17) is 4.74 Å². The summed E-state index contributed by atoms with van der Waals surface area (Å²) in [5.41, 5.74) is 1.17. The minimum absolute atomic E-state index is 0.206.